The average Bonchev–Trinajstić information content (AvgIpc) is 2.91. The molecule has 0 saturated heterocycles. The van der Waals surface area contributed by atoms with Crippen LogP contribution in [-0.4, -0.2) is 11.1 Å². The number of aryl methyl sites for hydroxylation is 1. The highest BCUT2D eigenvalue weighted by molar-refractivity contribution is 9.11. The highest BCUT2D eigenvalue weighted by atomic mass is 79.9. The standard InChI is InChI=1S/C17H10Br2Cl2N2O2/c1-8-14(17(24)22-13-6-5-9(18)7-10(13)19)16(23-25-8)15-11(20)3-2-4-12(15)21/h2-7H,1H3,(H,22,24). The Labute approximate surface area is 170 Å². The minimum absolute atomic E-state index is 0.282. The van der Waals surface area contributed by atoms with Crippen LogP contribution in [0.15, 0.2) is 49.9 Å². The molecular weight excluding hydrogens is 495 g/mol. The molecule has 1 amide bonds. The Morgan fingerprint density at radius 2 is 1.84 bits per heavy atom. The van der Waals surface area contributed by atoms with Crippen molar-refractivity contribution >= 4 is 66.7 Å². The zero-order chi connectivity index (χ0) is 18.1. The summed E-state index contributed by atoms with van der Waals surface area (Å²) in [5, 5.41) is 7.60. The van der Waals surface area contributed by atoms with E-state index in [0.717, 1.165) is 8.95 Å². The molecule has 1 aromatic heterocycles. The lowest BCUT2D eigenvalue weighted by Gasteiger charge is -2.09. The van der Waals surface area contributed by atoms with Crippen LogP contribution in [0.3, 0.4) is 0 Å². The Hall–Kier alpha value is -1.34. The molecule has 0 spiro atoms. The van der Waals surface area contributed by atoms with Crippen LogP contribution in [-0.2, 0) is 0 Å². The molecule has 0 saturated carbocycles. The van der Waals surface area contributed by atoms with Gasteiger partial charge in [0.2, 0.25) is 0 Å². The number of anilines is 1. The average molecular weight is 505 g/mol. The zero-order valence-electron chi connectivity index (χ0n) is 12.7. The number of nitrogens with one attached hydrogen (secondary N) is 1. The summed E-state index contributed by atoms with van der Waals surface area (Å²) < 4.78 is 6.85. The smallest absolute Gasteiger partial charge is 0.261 e. The van der Waals surface area contributed by atoms with Gasteiger partial charge < -0.3 is 9.84 Å². The van der Waals surface area contributed by atoms with Gasteiger partial charge >= 0.3 is 0 Å². The van der Waals surface area contributed by atoms with Crippen molar-refractivity contribution < 1.29 is 9.32 Å². The van der Waals surface area contributed by atoms with Crippen molar-refractivity contribution in [3.8, 4) is 11.3 Å². The van der Waals surface area contributed by atoms with Gasteiger partial charge in [0.1, 0.15) is 17.0 Å². The van der Waals surface area contributed by atoms with Crippen molar-refractivity contribution in [2.45, 2.75) is 6.92 Å². The van der Waals surface area contributed by atoms with E-state index in [1.165, 1.54) is 0 Å². The number of rotatable bonds is 3. The van der Waals surface area contributed by atoms with Crippen LogP contribution in [0.5, 0.6) is 0 Å². The number of hydrogen-bond acceptors (Lipinski definition) is 3. The molecule has 0 fully saturated rings. The minimum atomic E-state index is -0.368. The zero-order valence-corrected chi connectivity index (χ0v) is 17.4. The molecule has 0 bridgehead atoms. The first-order chi connectivity index (χ1) is 11.9. The number of carbonyl (C=O) groups excluding carboxylic acids is 1. The maximum atomic E-state index is 12.8. The van der Waals surface area contributed by atoms with Crippen LogP contribution >= 0.6 is 55.1 Å². The summed E-state index contributed by atoms with van der Waals surface area (Å²) in [6.45, 7) is 1.66. The molecule has 128 valence electrons. The van der Waals surface area contributed by atoms with Crippen LogP contribution in [0.4, 0.5) is 5.69 Å². The minimum Gasteiger partial charge on any atom is -0.360 e. The first kappa shape index (κ1) is 18.5. The van der Waals surface area contributed by atoms with E-state index in [4.69, 9.17) is 27.7 Å². The van der Waals surface area contributed by atoms with Gasteiger partial charge in [0.25, 0.3) is 5.91 Å². The first-order valence-electron chi connectivity index (χ1n) is 7.05. The van der Waals surface area contributed by atoms with Gasteiger partial charge in [-0.15, -0.1) is 0 Å². The van der Waals surface area contributed by atoms with E-state index in [1.807, 2.05) is 12.1 Å². The lowest BCUT2D eigenvalue weighted by Crippen LogP contribution is -2.14. The molecule has 0 unspecified atom stereocenters. The van der Waals surface area contributed by atoms with Crippen molar-refractivity contribution in [1.29, 1.82) is 0 Å². The molecule has 1 heterocycles. The molecule has 3 rings (SSSR count). The summed E-state index contributed by atoms with van der Waals surface area (Å²) >= 11 is 19.3. The maximum Gasteiger partial charge on any atom is 0.261 e. The van der Waals surface area contributed by atoms with E-state index in [-0.39, 0.29) is 11.5 Å². The third-order valence-corrected chi connectivity index (χ3v) is 5.25. The fourth-order valence-electron chi connectivity index (χ4n) is 2.31. The molecule has 0 aliphatic carbocycles. The summed E-state index contributed by atoms with van der Waals surface area (Å²) in [7, 11) is 0. The number of nitrogens with zero attached hydrogens (tertiary/aromatic N) is 1. The molecule has 2 aromatic carbocycles. The van der Waals surface area contributed by atoms with E-state index in [0.29, 0.717) is 32.8 Å². The summed E-state index contributed by atoms with van der Waals surface area (Å²) in [4.78, 5) is 12.8. The van der Waals surface area contributed by atoms with Gasteiger partial charge in [-0.05, 0) is 53.2 Å². The predicted molar refractivity (Wildman–Crippen MR) is 106 cm³/mol. The quantitative estimate of drug-likeness (QED) is 0.430. The molecule has 1 N–H and O–H groups in total. The number of aromatic nitrogens is 1. The third kappa shape index (κ3) is 3.77. The van der Waals surface area contributed by atoms with Crippen molar-refractivity contribution in [2.24, 2.45) is 0 Å². The second kappa shape index (κ2) is 7.50. The van der Waals surface area contributed by atoms with Crippen LogP contribution in [0.1, 0.15) is 16.1 Å². The van der Waals surface area contributed by atoms with Crippen molar-refractivity contribution in [3.63, 3.8) is 0 Å². The summed E-state index contributed by atoms with van der Waals surface area (Å²) in [5.41, 5.74) is 1.66. The van der Waals surface area contributed by atoms with E-state index in [1.54, 1.807) is 31.2 Å². The fraction of sp³-hybridized carbons (Fsp3) is 0.0588. The normalized spacial score (nSPS) is 10.8. The highest BCUT2D eigenvalue weighted by Crippen LogP contribution is 2.37. The van der Waals surface area contributed by atoms with Gasteiger partial charge in [0, 0.05) is 14.5 Å². The molecular formula is C17H10Br2Cl2N2O2. The number of hydrogen-bond donors (Lipinski definition) is 1. The van der Waals surface area contributed by atoms with E-state index >= 15 is 0 Å². The van der Waals surface area contributed by atoms with Gasteiger partial charge in [-0.2, -0.15) is 0 Å². The molecule has 0 aliphatic rings. The summed E-state index contributed by atoms with van der Waals surface area (Å²) in [6.07, 6.45) is 0. The van der Waals surface area contributed by atoms with Crippen molar-refractivity contribution in [3.05, 3.63) is 66.7 Å². The van der Waals surface area contributed by atoms with Crippen LogP contribution in [0, 0.1) is 6.92 Å². The monoisotopic (exact) mass is 502 g/mol. The van der Waals surface area contributed by atoms with E-state index < -0.39 is 0 Å². The van der Waals surface area contributed by atoms with Crippen LogP contribution in [0.25, 0.3) is 11.3 Å². The Bertz CT molecular complexity index is 953. The lowest BCUT2D eigenvalue weighted by molar-refractivity contribution is 0.102. The van der Waals surface area contributed by atoms with E-state index in [9.17, 15) is 4.79 Å². The number of carbonyl (C=O) groups is 1. The number of benzene rings is 2. The van der Waals surface area contributed by atoms with E-state index in [2.05, 4.69) is 42.3 Å². The van der Waals surface area contributed by atoms with Gasteiger partial charge in [-0.1, -0.05) is 50.4 Å². The first-order valence-corrected chi connectivity index (χ1v) is 9.39. The molecule has 3 aromatic rings. The fourth-order valence-corrected chi connectivity index (χ4v) is 4.03. The largest absolute Gasteiger partial charge is 0.360 e. The highest BCUT2D eigenvalue weighted by Gasteiger charge is 2.25. The summed E-state index contributed by atoms with van der Waals surface area (Å²) in [5.74, 6) is 0.00415. The summed E-state index contributed by atoms with van der Waals surface area (Å²) in [6, 6.07) is 10.5. The molecule has 25 heavy (non-hydrogen) atoms. The maximum absolute atomic E-state index is 12.8. The topological polar surface area (TPSA) is 55.1 Å². The Morgan fingerprint density at radius 3 is 2.48 bits per heavy atom. The SMILES string of the molecule is Cc1onc(-c2c(Cl)cccc2Cl)c1C(=O)Nc1ccc(Br)cc1Br. The lowest BCUT2D eigenvalue weighted by atomic mass is 10.1. The molecule has 0 radical (unpaired) electrons. The third-order valence-electron chi connectivity index (χ3n) is 3.47. The van der Waals surface area contributed by atoms with Crippen LogP contribution < -0.4 is 5.32 Å². The Morgan fingerprint density at radius 1 is 1.16 bits per heavy atom. The van der Waals surface area contributed by atoms with Crippen molar-refractivity contribution in [1.82, 2.24) is 5.16 Å². The van der Waals surface area contributed by atoms with Crippen molar-refractivity contribution in [2.75, 3.05) is 5.32 Å². The molecule has 0 aliphatic heterocycles. The van der Waals surface area contributed by atoms with Crippen LogP contribution in [0.2, 0.25) is 10.0 Å². The second-order valence-electron chi connectivity index (χ2n) is 5.14. The Balaban J connectivity index is 2.03. The van der Waals surface area contributed by atoms with Gasteiger partial charge in [-0.3, -0.25) is 4.79 Å². The van der Waals surface area contributed by atoms with Gasteiger partial charge in [0.05, 0.1) is 15.7 Å². The molecule has 0 atom stereocenters. The second-order valence-corrected chi connectivity index (χ2v) is 7.72. The number of amides is 1. The molecule has 8 heteroatoms. The van der Waals surface area contributed by atoms with Gasteiger partial charge in [-0.25, -0.2) is 0 Å². The number of halogens is 4. The predicted octanol–water partition coefficient (Wildman–Crippen LogP) is 6.73. The Kier molecular flexibility index (Phi) is 5.53. The molecule has 4 nitrogen and oxygen atoms in total. The van der Waals surface area contributed by atoms with Gasteiger partial charge in [0.15, 0.2) is 0 Å².